The van der Waals surface area contributed by atoms with Gasteiger partial charge in [-0.1, -0.05) is 18.2 Å². The lowest BCUT2D eigenvalue weighted by molar-refractivity contribution is -0.114. The van der Waals surface area contributed by atoms with Crippen molar-refractivity contribution >= 4 is 23.5 Å². The van der Waals surface area contributed by atoms with Crippen LogP contribution in [0.3, 0.4) is 0 Å². The summed E-state index contributed by atoms with van der Waals surface area (Å²) in [4.78, 5) is 34.4. The zero-order chi connectivity index (χ0) is 17.7. The fourth-order valence-electron chi connectivity index (χ4n) is 2.05. The predicted molar refractivity (Wildman–Crippen MR) is 84.8 cm³/mol. The average Bonchev–Trinajstić information content (AvgIpc) is 2.54. The molecular weight excluding hydrogens is 315 g/mol. The fourth-order valence-corrected chi connectivity index (χ4v) is 2.05. The summed E-state index contributed by atoms with van der Waals surface area (Å²) in [5.74, 6) is -2.48. The van der Waals surface area contributed by atoms with Crippen molar-refractivity contribution in [3.05, 3.63) is 65.0 Å². The van der Waals surface area contributed by atoms with Crippen LogP contribution in [0.5, 0.6) is 0 Å². The molecule has 3 N–H and O–H groups in total. The number of amides is 2. The van der Waals surface area contributed by atoms with Crippen LogP contribution >= 0.6 is 0 Å². The van der Waals surface area contributed by atoms with E-state index < -0.39 is 23.6 Å². The van der Waals surface area contributed by atoms with Gasteiger partial charge in [0.2, 0.25) is 11.8 Å². The number of rotatable bonds is 5. The first kappa shape index (κ1) is 17.1. The smallest absolute Gasteiger partial charge is 0.338 e. The molecule has 2 aromatic carbocycles. The molecule has 0 bridgehead atoms. The lowest BCUT2D eigenvalue weighted by Crippen LogP contribution is -2.15. The van der Waals surface area contributed by atoms with Gasteiger partial charge in [-0.2, -0.15) is 0 Å². The predicted octanol–water partition coefficient (Wildman–Crippen LogP) is 2.24. The van der Waals surface area contributed by atoms with Gasteiger partial charge in [-0.05, 0) is 24.3 Å². The van der Waals surface area contributed by atoms with Gasteiger partial charge in [0.05, 0.1) is 11.3 Å². The SMILES string of the molecule is CC(=O)Nc1cc(C(=O)OCc2ccccc2C(N)=O)ccc1F. The normalized spacial score (nSPS) is 10.1. The van der Waals surface area contributed by atoms with Crippen LogP contribution in [0.4, 0.5) is 10.1 Å². The number of carbonyl (C=O) groups is 3. The summed E-state index contributed by atoms with van der Waals surface area (Å²) in [6.07, 6.45) is 0. The summed E-state index contributed by atoms with van der Waals surface area (Å²) in [7, 11) is 0. The van der Waals surface area contributed by atoms with Crippen molar-refractivity contribution in [3.8, 4) is 0 Å². The van der Waals surface area contributed by atoms with Gasteiger partial charge in [0, 0.05) is 18.1 Å². The Morgan fingerprint density at radius 2 is 1.88 bits per heavy atom. The number of esters is 1. The summed E-state index contributed by atoms with van der Waals surface area (Å²) >= 11 is 0. The lowest BCUT2D eigenvalue weighted by atomic mass is 10.1. The summed E-state index contributed by atoms with van der Waals surface area (Å²) < 4.78 is 18.7. The average molecular weight is 330 g/mol. The van der Waals surface area contributed by atoms with Crippen LogP contribution in [0.1, 0.15) is 33.2 Å². The highest BCUT2D eigenvalue weighted by atomic mass is 19.1. The van der Waals surface area contributed by atoms with Crippen molar-refractivity contribution in [1.29, 1.82) is 0 Å². The first-order valence-corrected chi connectivity index (χ1v) is 7.00. The van der Waals surface area contributed by atoms with Crippen LogP contribution in [0.2, 0.25) is 0 Å². The Morgan fingerprint density at radius 1 is 1.17 bits per heavy atom. The Kier molecular flexibility index (Phi) is 5.26. The van der Waals surface area contributed by atoms with Crippen molar-refractivity contribution in [1.82, 2.24) is 0 Å². The number of nitrogens with two attached hydrogens (primary N) is 1. The molecule has 0 saturated heterocycles. The largest absolute Gasteiger partial charge is 0.457 e. The maximum atomic E-state index is 13.6. The van der Waals surface area contributed by atoms with Crippen LogP contribution in [0.15, 0.2) is 42.5 Å². The molecule has 0 saturated carbocycles. The number of halogens is 1. The van der Waals surface area contributed by atoms with E-state index in [1.165, 1.54) is 25.1 Å². The molecule has 124 valence electrons. The first-order chi connectivity index (χ1) is 11.4. The molecule has 2 rings (SSSR count). The molecule has 0 aliphatic heterocycles. The number of anilines is 1. The van der Waals surface area contributed by atoms with Gasteiger partial charge in [0.25, 0.3) is 0 Å². The number of carbonyl (C=O) groups excluding carboxylic acids is 3. The minimum atomic E-state index is -0.721. The molecule has 0 spiro atoms. The van der Waals surface area contributed by atoms with Crippen LogP contribution in [-0.4, -0.2) is 17.8 Å². The zero-order valence-corrected chi connectivity index (χ0v) is 12.8. The van der Waals surface area contributed by atoms with E-state index in [1.807, 2.05) is 0 Å². The zero-order valence-electron chi connectivity index (χ0n) is 12.8. The Bertz CT molecular complexity index is 805. The van der Waals surface area contributed by atoms with Crippen molar-refractivity contribution < 1.29 is 23.5 Å². The molecule has 0 atom stereocenters. The molecule has 24 heavy (non-hydrogen) atoms. The molecule has 0 aliphatic rings. The first-order valence-electron chi connectivity index (χ1n) is 7.00. The number of nitrogens with one attached hydrogen (secondary N) is 1. The summed E-state index contributed by atoms with van der Waals surface area (Å²) in [5, 5.41) is 2.28. The molecule has 6 nitrogen and oxygen atoms in total. The minimum Gasteiger partial charge on any atom is -0.457 e. The molecular formula is C17H15FN2O4. The molecule has 0 unspecified atom stereocenters. The second kappa shape index (κ2) is 7.36. The molecule has 7 heteroatoms. The van der Waals surface area contributed by atoms with Gasteiger partial charge in [-0.25, -0.2) is 9.18 Å². The number of benzene rings is 2. The van der Waals surface area contributed by atoms with Crippen LogP contribution < -0.4 is 11.1 Å². The van der Waals surface area contributed by atoms with Crippen molar-refractivity contribution in [2.24, 2.45) is 5.73 Å². The summed E-state index contributed by atoms with van der Waals surface area (Å²) in [6.45, 7) is 1.07. The number of hydrogen-bond donors (Lipinski definition) is 2. The van der Waals surface area contributed by atoms with Gasteiger partial charge >= 0.3 is 5.97 Å². The number of primary amides is 1. The standard InChI is InChI=1S/C17H15FN2O4/c1-10(21)20-15-8-11(6-7-14(15)18)17(23)24-9-12-4-2-3-5-13(12)16(19)22/h2-8H,9H2,1H3,(H2,19,22)(H,20,21). The van der Waals surface area contributed by atoms with Gasteiger partial charge < -0.3 is 15.8 Å². The molecule has 0 aliphatic carbocycles. The highest BCUT2D eigenvalue weighted by Crippen LogP contribution is 2.18. The highest BCUT2D eigenvalue weighted by molar-refractivity contribution is 5.95. The van der Waals surface area contributed by atoms with Crippen LogP contribution in [0, 0.1) is 5.82 Å². The fraction of sp³-hybridized carbons (Fsp3) is 0.118. The summed E-state index contributed by atoms with van der Waals surface area (Å²) in [5.41, 5.74) is 5.92. The van der Waals surface area contributed by atoms with E-state index in [9.17, 15) is 18.8 Å². The third-order valence-corrected chi connectivity index (χ3v) is 3.15. The van der Waals surface area contributed by atoms with Crippen molar-refractivity contribution in [3.63, 3.8) is 0 Å². The molecule has 2 amide bonds. The van der Waals surface area contributed by atoms with Gasteiger partial charge in [-0.3, -0.25) is 9.59 Å². The van der Waals surface area contributed by atoms with E-state index >= 15 is 0 Å². The van der Waals surface area contributed by atoms with Crippen molar-refractivity contribution in [2.45, 2.75) is 13.5 Å². The van der Waals surface area contributed by atoms with E-state index in [2.05, 4.69) is 5.32 Å². The molecule has 2 aromatic rings. The Morgan fingerprint density at radius 3 is 2.54 bits per heavy atom. The third kappa shape index (κ3) is 4.16. The van der Waals surface area contributed by atoms with E-state index in [4.69, 9.17) is 10.5 Å². The number of ether oxygens (including phenoxy) is 1. The van der Waals surface area contributed by atoms with Crippen molar-refractivity contribution in [2.75, 3.05) is 5.32 Å². The molecule has 0 aromatic heterocycles. The van der Waals surface area contributed by atoms with E-state index in [0.29, 0.717) is 5.56 Å². The quantitative estimate of drug-likeness (QED) is 0.821. The van der Waals surface area contributed by atoms with Crippen LogP contribution in [0.25, 0.3) is 0 Å². The van der Waals surface area contributed by atoms with Gasteiger partial charge in [0.1, 0.15) is 12.4 Å². The molecule has 0 heterocycles. The second-order valence-corrected chi connectivity index (χ2v) is 4.97. The topological polar surface area (TPSA) is 98.5 Å². The minimum absolute atomic E-state index is 0.0664. The summed E-state index contributed by atoms with van der Waals surface area (Å²) in [6, 6.07) is 9.94. The van der Waals surface area contributed by atoms with Gasteiger partial charge in [0.15, 0.2) is 0 Å². The maximum absolute atomic E-state index is 13.6. The monoisotopic (exact) mass is 330 g/mol. The van der Waals surface area contributed by atoms with E-state index in [0.717, 1.165) is 6.07 Å². The van der Waals surface area contributed by atoms with E-state index in [1.54, 1.807) is 18.2 Å². The van der Waals surface area contributed by atoms with E-state index in [-0.39, 0.29) is 23.4 Å². The molecule has 0 radical (unpaired) electrons. The van der Waals surface area contributed by atoms with Crippen LogP contribution in [-0.2, 0) is 16.1 Å². The Labute approximate surface area is 137 Å². The maximum Gasteiger partial charge on any atom is 0.338 e. The highest BCUT2D eigenvalue weighted by Gasteiger charge is 2.14. The number of hydrogen-bond acceptors (Lipinski definition) is 4. The Balaban J connectivity index is 2.13. The lowest BCUT2D eigenvalue weighted by Gasteiger charge is -2.09. The third-order valence-electron chi connectivity index (χ3n) is 3.15. The second-order valence-electron chi connectivity index (χ2n) is 4.97. The molecule has 0 fully saturated rings. The Hall–Kier alpha value is -3.22. The van der Waals surface area contributed by atoms with Gasteiger partial charge in [-0.15, -0.1) is 0 Å².